The minimum atomic E-state index is -3.33. The number of benzene rings is 1. The number of carbonyl (C=O) groups is 1. The summed E-state index contributed by atoms with van der Waals surface area (Å²) in [5.74, 6) is 0.0299. The van der Waals surface area contributed by atoms with Gasteiger partial charge in [0.1, 0.15) is 0 Å². The Morgan fingerprint density at radius 1 is 1.19 bits per heavy atom. The van der Waals surface area contributed by atoms with Crippen molar-refractivity contribution in [2.75, 3.05) is 26.2 Å². The molecule has 1 heterocycles. The molecule has 0 bridgehead atoms. The molecule has 0 radical (unpaired) electrons. The van der Waals surface area contributed by atoms with Gasteiger partial charge in [0.25, 0.3) is 0 Å². The second-order valence-electron chi connectivity index (χ2n) is 5.50. The van der Waals surface area contributed by atoms with Crippen LogP contribution in [0.25, 0.3) is 0 Å². The lowest BCUT2D eigenvalue weighted by Gasteiger charge is -2.21. The first-order chi connectivity index (χ1) is 9.88. The van der Waals surface area contributed by atoms with Crippen LogP contribution in [0.2, 0.25) is 0 Å². The molecule has 0 aliphatic carbocycles. The van der Waals surface area contributed by atoms with E-state index in [-0.39, 0.29) is 11.7 Å². The molecule has 1 aromatic carbocycles. The molecule has 0 aromatic heterocycles. The van der Waals surface area contributed by atoms with E-state index < -0.39 is 10.0 Å². The molecule has 6 heteroatoms. The third kappa shape index (κ3) is 4.28. The summed E-state index contributed by atoms with van der Waals surface area (Å²) in [6.45, 7) is 5.45. The first-order valence-corrected chi connectivity index (χ1v) is 8.78. The van der Waals surface area contributed by atoms with Gasteiger partial charge in [-0.2, -0.15) is 4.31 Å². The predicted octanol–water partition coefficient (Wildman–Crippen LogP) is 1.38. The van der Waals surface area contributed by atoms with Crippen molar-refractivity contribution in [3.05, 3.63) is 35.4 Å². The van der Waals surface area contributed by atoms with Gasteiger partial charge in [-0.05, 0) is 18.9 Å². The monoisotopic (exact) mass is 310 g/mol. The molecule has 0 unspecified atom stereocenters. The van der Waals surface area contributed by atoms with Gasteiger partial charge >= 0.3 is 0 Å². The molecule has 0 saturated carbocycles. The van der Waals surface area contributed by atoms with Crippen molar-refractivity contribution in [1.82, 2.24) is 9.21 Å². The van der Waals surface area contributed by atoms with Gasteiger partial charge in [-0.1, -0.05) is 29.8 Å². The molecule has 0 spiro atoms. The molecule has 1 saturated heterocycles. The third-order valence-electron chi connectivity index (χ3n) is 3.73. The highest BCUT2D eigenvalue weighted by atomic mass is 32.2. The quantitative estimate of drug-likeness (QED) is 0.847. The third-order valence-corrected chi connectivity index (χ3v) is 5.58. The summed E-state index contributed by atoms with van der Waals surface area (Å²) >= 11 is 0. The van der Waals surface area contributed by atoms with E-state index in [2.05, 4.69) is 0 Å². The lowest BCUT2D eigenvalue weighted by atomic mass is 10.2. The first kappa shape index (κ1) is 16.0. The fraction of sp³-hybridized carbons (Fsp3) is 0.533. The van der Waals surface area contributed by atoms with Gasteiger partial charge < -0.3 is 4.90 Å². The zero-order valence-corrected chi connectivity index (χ0v) is 13.4. The van der Waals surface area contributed by atoms with E-state index in [9.17, 15) is 13.2 Å². The summed E-state index contributed by atoms with van der Waals surface area (Å²) in [4.78, 5) is 13.1. The molecule has 5 nitrogen and oxygen atoms in total. The standard InChI is InChI=1S/C15H22N2O3S/c1-13-5-3-6-15(11-13)12-21(19,20)17-8-4-7-16(9-10-17)14(2)18/h3,5-6,11H,4,7-10,12H2,1-2H3. The molecule has 1 fully saturated rings. The van der Waals surface area contributed by atoms with E-state index in [0.717, 1.165) is 11.1 Å². The Hall–Kier alpha value is -1.40. The Labute approximate surface area is 126 Å². The molecule has 116 valence electrons. The lowest BCUT2D eigenvalue weighted by Crippen LogP contribution is -2.37. The Bertz CT molecular complexity index is 613. The number of aryl methyl sites for hydroxylation is 1. The fourth-order valence-electron chi connectivity index (χ4n) is 2.59. The van der Waals surface area contributed by atoms with Gasteiger partial charge in [0.15, 0.2) is 0 Å². The Balaban J connectivity index is 2.07. The summed E-state index contributed by atoms with van der Waals surface area (Å²) in [5, 5.41) is 0. The van der Waals surface area contributed by atoms with Crippen LogP contribution in [0.4, 0.5) is 0 Å². The maximum absolute atomic E-state index is 12.5. The highest BCUT2D eigenvalue weighted by Crippen LogP contribution is 2.15. The lowest BCUT2D eigenvalue weighted by molar-refractivity contribution is -0.128. The zero-order chi connectivity index (χ0) is 15.5. The minimum absolute atomic E-state index is 0.00734. The van der Waals surface area contributed by atoms with Crippen LogP contribution in [0.1, 0.15) is 24.5 Å². The highest BCUT2D eigenvalue weighted by molar-refractivity contribution is 7.88. The number of nitrogens with zero attached hydrogens (tertiary/aromatic N) is 2. The fourth-order valence-corrected chi connectivity index (χ4v) is 4.14. The van der Waals surface area contributed by atoms with Gasteiger partial charge in [-0.3, -0.25) is 4.79 Å². The van der Waals surface area contributed by atoms with Crippen LogP contribution < -0.4 is 0 Å². The number of sulfonamides is 1. The van der Waals surface area contributed by atoms with Crippen LogP contribution in [-0.2, 0) is 20.6 Å². The smallest absolute Gasteiger partial charge is 0.219 e. The molecule has 1 aromatic rings. The summed E-state index contributed by atoms with van der Waals surface area (Å²) in [7, 11) is -3.33. The summed E-state index contributed by atoms with van der Waals surface area (Å²) < 4.78 is 26.5. The number of hydrogen-bond acceptors (Lipinski definition) is 3. The normalized spacial score (nSPS) is 17.5. The van der Waals surface area contributed by atoms with Crippen molar-refractivity contribution in [3.63, 3.8) is 0 Å². The molecule has 0 N–H and O–H groups in total. The van der Waals surface area contributed by atoms with Crippen LogP contribution in [0.3, 0.4) is 0 Å². The van der Waals surface area contributed by atoms with Gasteiger partial charge in [-0.15, -0.1) is 0 Å². The first-order valence-electron chi connectivity index (χ1n) is 7.17. The van der Waals surface area contributed by atoms with E-state index >= 15 is 0 Å². The molecular formula is C15H22N2O3S. The largest absolute Gasteiger partial charge is 0.342 e. The minimum Gasteiger partial charge on any atom is -0.342 e. The van der Waals surface area contributed by atoms with Crippen molar-refractivity contribution in [2.45, 2.75) is 26.0 Å². The van der Waals surface area contributed by atoms with Crippen LogP contribution >= 0.6 is 0 Å². The SMILES string of the molecule is CC(=O)N1CCCN(S(=O)(=O)Cc2cccc(C)c2)CC1. The topological polar surface area (TPSA) is 57.7 Å². The Morgan fingerprint density at radius 2 is 1.95 bits per heavy atom. The van der Waals surface area contributed by atoms with E-state index in [1.165, 1.54) is 11.2 Å². The van der Waals surface area contributed by atoms with E-state index in [1.54, 1.807) is 4.90 Å². The van der Waals surface area contributed by atoms with Crippen molar-refractivity contribution in [3.8, 4) is 0 Å². The maximum Gasteiger partial charge on any atom is 0.219 e. The average Bonchev–Trinajstić information content (AvgIpc) is 2.64. The number of rotatable bonds is 3. The number of carbonyl (C=O) groups excluding carboxylic acids is 1. The van der Waals surface area contributed by atoms with Crippen LogP contribution in [0.15, 0.2) is 24.3 Å². The molecule has 1 aliphatic rings. The summed E-state index contributed by atoms with van der Waals surface area (Å²) in [5.41, 5.74) is 1.86. The Morgan fingerprint density at radius 3 is 2.62 bits per heavy atom. The molecule has 1 amide bonds. The van der Waals surface area contributed by atoms with Crippen molar-refractivity contribution in [1.29, 1.82) is 0 Å². The van der Waals surface area contributed by atoms with E-state index in [1.807, 2.05) is 31.2 Å². The maximum atomic E-state index is 12.5. The molecule has 1 aliphatic heterocycles. The van der Waals surface area contributed by atoms with Crippen LogP contribution in [0.5, 0.6) is 0 Å². The number of amides is 1. The highest BCUT2D eigenvalue weighted by Gasteiger charge is 2.26. The molecule has 21 heavy (non-hydrogen) atoms. The van der Waals surface area contributed by atoms with E-state index in [4.69, 9.17) is 0 Å². The Kier molecular flexibility index (Phi) is 5.00. The zero-order valence-electron chi connectivity index (χ0n) is 12.6. The second-order valence-corrected chi connectivity index (χ2v) is 7.47. The van der Waals surface area contributed by atoms with E-state index in [0.29, 0.717) is 32.6 Å². The second kappa shape index (κ2) is 6.58. The van der Waals surface area contributed by atoms with Crippen LogP contribution in [-0.4, -0.2) is 49.7 Å². The molecular weight excluding hydrogens is 288 g/mol. The molecule has 2 rings (SSSR count). The van der Waals surface area contributed by atoms with Gasteiger partial charge in [0, 0.05) is 33.1 Å². The van der Waals surface area contributed by atoms with Crippen LogP contribution in [0, 0.1) is 6.92 Å². The van der Waals surface area contributed by atoms with Gasteiger partial charge in [0.2, 0.25) is 15.9 Å². The van der Waals surface area contributed by atoms with Crippen molar-refractivity contribution < 1.29 is 13.2 Å². The van der Waals surface area contributed by atoms with Gasteiger partial charge in [0.05, 0.1) is 5.75 Å². The predicted molar refractivity (Wildman–Crippen MR) is 82.2 cm³/mol. The summed E-state index contributed by atoms with van der Waals surface area (Å²) in [6, 6.07) is 7.56. The van der Waals surface area contributed by atoms with Crippen molar-refractivity contribution in [2.24, 2.45) is 0 Å². The molecule has 0 atom stereocenters. The van der Waals surface area contributed by atoms with Crippen molar-refractivity contribution >= 4 is 15.9 Å². The number of hydrogen-bond donors (Lipinski definition) is 0. The average molecular weight is 310 g/mol. The summed E-state index contributed by atoms with van der Waals surface area (Å²) in [6.07, 6.45) is 0.687. The van der Waals surface area contributed by atoms with Gasteiger partial charge in [-0.25, -0.2) is 8.42 Å².